The Kier molecular flexibility index (Phi) is 12.9. The Morgan fingerprint density at radius 3 is 2.36 bits per heavy atom. The first-order valence-corrected chi connectivity index (χ1v) is 18.9. The van der Waals surface area contributed by atoms with Crippen LogP contribution in [-0.2, 0) is 20.7 Å². The van der Waals surface area contributed by atoms with Crippen LogP contribution in [0.2, 0.25) is 0 Å². The first kappa shape index (κ1) is 41.5. The van der Waals surface area contributed by atoms with Gasteiger partial charge in [-0.15, -0.1) is 33.5 Å². The van der Waals surface area contributed by atoms with Gasteiger partial charge in [-0.2, -0.15) is 11.4 Å². The molecule has 0 saturated carbocycles. The molecule has 1 saturated heterocycles. The third-order valence-electron chi connectivity index (χ3n) is 11.1. The molecule has 0 radical (unpaired) electrons. The third-order valence-corrected chi connectivity index (χ3v) is 11.1. The number of carbonyl (C=O) groups excluding carboxylic acids is 3. The number of ether oxygens (including phenoxy) is 1. The van der Waals surface area contributed by atoms with Gasteiger partial charge in [0.2, 0.25) is 0 Å². The molecule has 5 heterocycles. The number of nitrogens with zero attached hydrogens (tertiary/aromatic N) is 4. The van der Waals surface area contributed by atoms with Gasteiger partial charge in [0, 0.05) is 17.5 Å². The van der Waals surface area contributed by atoms with Crippen molar-refractivity contribution >= 4 is 76.9 Å². The molecule has 2 aliphatic heterocycles. The van der Waals surface area contributed by atoms with Crippen LogP contribution in [0.1, 0.15) is 132 Å². The second-order valence-electron chi connectivity index (χ2n) is 15.1. The van der Waals surface area contributed by atoms with Crippen LogP contribution in [-0.4, -0.2) is 58.8 Å². The smallest absolute Gasteiger partial charge is 0.664 e. The van der Waals surface area contributed by atoms with E-state index in [1.807, 2.05) is 39.8 Å². The Morgan fingerprint density at radius 1 is 1.00 bits per heavy atom. The topological polar surface area (TPSA) is 154 Å². The number of rotatable bonds is 13. The average molecular weight is 753 g/mol. The summed E-state index contributed by atoms with van der Waals surface area (Å²) in [5.41, 5.74) is 8.09. The van der Waals surface area contributed by atoms with Crippen LogP contribution in [0.25, 0.3) is 35.2 Å². The Bertz CT molecular complexity index is 2280. The Morgan fingerprint density at radius 2 is 1.71 bits per heavy atom. The number of fused-ring (bicyclic) bond motifs is 7. The fourth-order valence-corrected chi connectivity index (χ4v) is 8.00. The molecule has 10 nitrogen and oxygen atoms in total. The van der Waals surface area contributed by atoms with Crippen molar-refractivity contribution < 1.29 is 29.0 Å². The summed E-state index contributed by atoms with van der Waals surface area (Å²) in [6.45, 7) is 18.3. The standard InChI is InChI=1S/C44H50N4O6.Mg/c1-9-27-24(6)31-18-32-25(7)29(14-15-37(50)54-17-16-23(5)13-11-12-22(3)4)41(47-32)39-40(44(52)53)43(51)38-26(8)33(48-42(38)39)19-35-28(10-2)30(21-49)36(46-35)20-34(27)45-31;/h9,16,18-22,25,29,40H,1,10-15,17H2,2-8H3,(H3,47,48,49,51,52,53);/q-2;+2/p-2/b23-16+,32-18-,36-20-;/t25-,29-,40+;/m0./s1. The summed E-state index contributed by atoms with van der Waals surface area (Å²) in [7, 11) is 0. The molecule has 3 aromatic heterocycles. The van der Waals surface area contributed by atoms with E-state index in [1.54, 1.807) is 25.2 Å². The van der Waals surface area contributed by atoms with Gasteiger partial charge in [0.1, 0.15) is 18.8 Å². The van der Waals surface area contributed by atoms with E-state index in [2.05, 4.69) is 20.4 Å². The van der Waals surface area contributed by atoms with E-state index in [4.69, 9.17) is 25.0 Å². The fourth-order valence-electron chi connectivity index (χ4n) is 8.00. The molecule has 1 N–H and O–H groups in total. The molecule has 0 spiro atoms. The van der Waals surface area contributed by atoms with Crippen molar-refractivity contribution in [2.24, 2.45) is 23.7 Å². The van der Waals surface area contributed by atoms with Crippen molar-refractivity contribution in [1.82, 2.24) is 15.0 Å². The van der Waals surface area contributed by atoms with Crippen molar-refractivity contribution in [3.05, 3.63) is 102 Å². The van der Waals surface area contributed by atoms with Crippen LogP contribution in [0, 0.1) is 37.5 Å². The summed E-state index contributed by atoms with van der Waals surface area (Å²) < 4.78 is 5.61. The molecule has 284 valence electrons. The summed E-state index contributed by atoms with van der Waals surface area (Å²) in [4.78, 5) is 67.2. The number of carboxylic acid groups (broad SMARTS) is 1. The van der Waals surface area contributed by atoms with Crippen LogP contribution >= 0.6 is 0 Å². The zero-order valence-corrected chi connectivity index (χ0v) is 34.3. The number of hydrogen-bond acceptors (Lipinski definition) is 5. The molecule has 3 aromatic rings. The molecule has 55 heavy (non-hydrogen) atoms. The quantitative estimate of drug-likeness (QED) is 0.0710. The van der Waals surface area contributed by atoms with Crippen LogP contribution in [0.4, 0.5) is 0 Å². The van der Waals surface area contributed by atoms with Gasteiger partial charge < -0.3 is 30.1 Å². The number of aliphatic carboxylic acids is 1. The molecule has 1 fully saturated rings. The number of carboxylic acids is 1. The predicted octanol–water partition coefficient (Wildman–Crippen LogP) is 6.17. The Hall–Kier alpha value is -4.61. The monoisotopic (exact) mass is 752 g/mol. The van der Waals surface area contributed by atoms with Gasteiger partial charge >= 0.3 is 35.0 Å². The maximum Gasteiger partial charge on any atom is 2.00 e. The van der Waals surface area contributed by atoms with Crippen LogP contribution in [0.5, 0.6) is 0 Å². The summed E-state index contributed by atoms with van der Waals surface area (Å²) >= 11 is 0. The van der Waals surface area contributed by atoms with Crippen molar-refractivity contribution in [1.29, 1.82) is 0 Å². The molecule has 0 amide bonds. The molecule has 6 rings (SSSR count). The number of esters is 1. The minimum Gasteiger partial charge on any atom is -0.664 e. The number of ketones is 1. The van der Waals surface area contributed by atoms with Gasteiger partial charge in [-0.1, -0.05) is 92.8 Å². The summed E-state index contributed by atoms with van der Waals surface area (Å²) in [5, 5.41) is 16.6. The summed E-state index contributed by atoms with van der Waals surface area (Å²) in [6.07, 6.45) is 14.0. The first-order valence-electron chi connectivity index (χ1n) is 18.9. The van der Waals surface area contributed by atoms with Gasteiger partial charge in [0.15, 0.2) is 5.78 Å². The van der Waals surface area contributed by atoms with E-state index < -0.39 is 23.6 Å². The number of carbonyl (C=O) groups is 4. The van der Waals surface area contributed by atoms with Crippen molar-refractivity contribution in [3.63, 3.8) is 0 Å². The predicted molar refractivity (Wildman–Crippen MR) is 215 cm³/mol. The third kappa shape index (κ3) is 7.91. The van der Waals surface area contributed by atoms with E-state index in [-0.39, 0.29) is 64.8 Å². The molecule has 1 aliphatic carbocycles. The van der Waals surface area contributed by atoms with E-state index in [0.717, 1.165) is 42.2 Å². The maximum atomic E-state index is 14.0. The van der Waals surface area contributed by atoms with Gasteiger partial charge in [-0.3, -0.25) is 19.2 Å². The van der Waals surface area contributed by atoms with Crippen molar-refractivity contribution in [3.8, 4) is 0 Å². The van der Waals surface area contributed by atoms with E-state index >= 15 is 0 Å². The summed E-state index contributed by atoms with van der Waals surface area (Å²) in [5.74, 6) is -3.73. The molecule has 8 bridgehead atoms. The van der Waals surface area contributed by atoms with Crippen LogP contribution in [0.15, 0.2) is 29.6 Å². The SMILES string of the molecule is C=Cc1c2[n-]c(c1C)/C=C1\[N-]/C(=C3\c4[n-]c(c(C)c4C(=O)[C@@H]3C(=O)O)/C=c3\[n-]/c(c(C=O)c3CC)=C\2)[C@@H](CCC(=O)OC/C=C(\C)CCCC(C)C)[C@@H]1C.[Mg+2]. The van der Waals surface area contributed by atoms with Gasteiger partial charge in [-0.25, -0.2) is 0 Å². The van der Waals surface area contributed by atoms with Gasteiger partial charge in [-0.05, 0) is 75.8 Å². The maximum absolute atomic E-state index is 14.0. The van der Waals surface area contributed by atoms with Crippen LogP contribution < -0.4 is 25.7 Å². The summed E-state index contributed by atoms with van der Waals surface area (Å²) in [6, 6.07) is 0. The molecule has 3 aliphatic rings. The zero-order chi connectivity index (χ0) is 39.0. The largest absolute Gasteiger partial charge is 2.00 e. The minimum atomic E-state index is -1.50. The van der Waals surface area contributed by atoms with Gasteiger partial charge in [0.25, 0.3) is 0 Å². The second kappa shape index (κ2) is 17.0. The molecule has 0 unspecified atom stereocenters. The molecular formula is C44H48MgN4O6-2. The molecular weight excluding hydrogens is 705 g/mol. The van der Waals surface area contributed by atoms with Crippen molar-refractivity contribution in [2.75, 3.05) is 6.61 Å². The van der Waals surface area contributed by atoms with Crippen molar-refractivity contribution in [2.45, 2.75) is 87.0 Å². The van der Waals surface area contributed by atoms with Crippen LogP contribution in [0.3, 0.4) is 0 Å². The number of hydrogen-bond donors (Lipinski definition) is 1. The van der Waals surface area contributed by atoms with E-state index in [9.17, 15) is 24.3 Å². The number of Topliss-reactive ketones (excluding diaryl/α,β-unsaturated/α-hetero) is 1. The zero-order valence-electron chi connectivity index (χ0n) is 32.9. The van der Waals surface area contributed by atoms with E-state index in [1.165, 1.54) is 5.57 Å². The normalized spacial score (nSPS) is 22.2. The fraction of sp³-hybridized carbons (Fsp3) is 0.409. The molecule has 0 aromatic carbocycles. The number of allylic oxidation sites excluding steroid dienone is 3. The second-order valence-corrected chi connectivity index (χ2v) is 15.1. The average Bonchev–Trinajstić information content (AvgIpc) is 3.87. The molecule has 3 atom stereocenters. The van der Waals surface area contributed by atoms with E-state index in [0.29, 0.717) is 69.1 Å². The Balaban J connectivity index is 0.00000580. The molecule has 11 heteroatoms. The Labute approximate surface area is 338 Å². The van der Waals surface area contributed by atoms with Gasteiger partial charge in [0.05, 0.1) is 0 Å². The number of aromatic nitrogens is 3. The first-order chi connectivity index (χ1) is 25.8. The minimum absolute atomic E-state index is 0. The number of aldehydes is 1.